The molecule has 1 heterocycles. The second kappa shape index (κ2) is 2.87. The number of nitrogens with zero attached hydrogens (tertiary/aromatic N) is 2. The van der Waals surface area contributed by atoms with E-state index in [9.17, 15) is 4.79 Å². The second-order valence-electron chi connectivity index (χ2n) is 3.58. The Morgan fingerprint density at radius 3 is 2.85 bits per heavy atom. The summed E-state index contributed by atoms with van der Waals surface area (Å²) in [7, 11) is 1.89. The molecule has 1 aliphatic carbocycles. The third-order valence-corrected chi connectivity index (χ3v) is 2.76. The summed E-state index contributed by atoms with van der Waals surface area (Å²) in [5, 5.41) is 12.8. The highest BCUT2D eigenvalue weighted by molar-refractivity contribution is 5.71. The highest BCUT2D eigenvalue weighted by Crippen LogP contribution is 2.41. The molecule has 0 aliphatic heterocycles. The maximum absolute atomic E-state index is 10.6. The molecule has 0 saturated heterocycles. The second-order valence-corrected chi connectivity index (χ2v) is 3.58. The third-order valence-electron chi connectivity index (χ3n) is 2.76. The first-order valence-electron chi connectivity index (χ1n) is 4.39. The summed E-state index contributed by atoms with van der Waals surface area (Å²) < 4.78 is 1.82. The van der Waals surface area contributed by atoms with Crippen molar-refractivity contribution in [1.82, 2.24) is 9.78 Å². The molecule has 0 aromatic carbocycles. The SMILES string of the molecule is Cn1nccc1C1CC(C(=O)O)C1. The topological polar surface area (TPSA) is 55.1 Å². The van der Waals surface area contributed by atoms with Crippen LogP contribution in [-0.2, 0) is 11.8 Å². The Hall–Kier alpha value is -1.32. The number of carbonyl (C=O) groups is 1. The fourth-order valence-electron chi connectivity index (χ4n) is 1.85. The molecule has 0 bridgehead atoms. The summed E-state index contributed by atoms with van der Waals surface area (Å²) in [5.41, 5.74) is 1.15. The van der Waals surface area contributed by atoms with Crippen molar-refractivity contribution in [2.45, 2.75) is 18.8 Å². The molecule has 1 N–H and O–H groups in total. The smallest absolute Gasteiger partial charge is 0.306 e. The third kappa shape index (κ3) is 1.32. The highest BCUT2D eigenvalue weighted by atomic mass is 16.4. The van der Waals surface area contributed by atoms with Gasteiger partial charge in [-0.25, -0.2) is 0 Å². The zero-order valence-corrected chi connectivity index (χ0v) is 7.47. The summed E-state index contributed by atoms with van der Waals surface area (Å²) in [4.78, 5) is 10.6. The Kier molecular flexibility index (Phi) is 1.83. The summed E-state index contributed by atoms with van der Waals surface area (Å²) in [6.07, 6.45) is 3.27. The van der Waals surface area contributed by atoms with Crippen molar-refractivity contribution in [3.05, 3.63) is 18.0 Å². The zero-order valence-electron chi connectivity index (χ0n) is 7.47. The Balaban J connectivity index is 2.01. The molecule has 70 valence electrons. The molecular formula is C9H12N2O2. The number of aliphatic carboxylic acids is 1. The molecule has 0 radical (unpaired) electrons. The predicted octanol–water partition coefficient (Wildman–Crippen LogP) is 0.998. The Morgan fingerprint density at radius 2 is 2.38 bits per heavy atom. The van der Waals surface area contributed by atoms with Crippen LogP contribution in [0.1, 0.15) is 24.5 Å². The maximum Gasteiger partial charge on any atom is 0.306 e. The van der Waals surface area contributed by atoms with Crippen LogP contribution in [0, 0.1) is 5.92 Å². The van der Waals surface area contributed by atoms with E-state index in [4.69, 9.17) is 5.11 Å². The van der Waals surface area contributed by atoms with Crippen LogP contribution in [0.3, 0.4) is 0 Å². The number of rotatable bonds is 2. The van der Waals surface area contributed by atoms with Gasteiger partial charge >= 0.3 is 5.97 Å². The van der Waals surface area contributed by atoms with Crippen molar-refractivity contribution < 1.29 is 9.90 Å². The molecule has 1 aromatic rings. The molecule has 0 spiro atoms. The number of carboxylic acids is 1. The van der Waals surface area contributed by atoms with Gasteiger partial charge in [0.05, 0.1) is 5.92 Å². The monoisotopic (exact) mass is 180 g/mol. The van der Waals surface area contributed by atoms with Crippen LogP contribution >= 0.6 is 0 Å². The van der Waals surface area contributed by atoms with Crippen LogP contribution in [0.2, 0.25) is 0 Å². The molecule has 1 saturated carbocycles. The molecule has 1 fully saturated rings. The summed E-state index contributed by atoms with van der Waals surface area (Å²) in [5.74, 6) is -0.410. The van der Waals surface area contributed by atoms with Gasteiger partial charge in [0, 0.05) is 24.9 Å². The summed E-state index contributed by atoms with van der Waals surface area (Å²) >= 11 is 0. The minimum atomic E-state index is -0.668. The van der Waals surface area contributed by atoms with Crippen LogP contribution in [0.4, 0.5) is 0 Å². The lowest BCUT2D eigenvalue weighted by atomic mass is 9.73. The molecule has 0 atom stereocenters. The van der Waals surface area contributed by atoms with Gasteiger partial charge in [0.15, 0.2) is 0 Å². The van der Waals surface area contributed by atoms with Crippen molar-refractivity contribution in [3.63, 3.8) is 0 Å². The van der Waals surface area contributed by atoms with Gasteiger partial charge in [-0.1, -0.05) is 0 Å². The van der Waals surface area contributed by atoms with E-state index in [1.54, 1.807) is 6.20 Å². The quantitative estimate of drug-likeness (QED) is 0.738. The fourth-order valence-corrected chi connectivity index (χ4v) is 1.85. The van der Waals surface area contributed by atoms with Crippen molar-refractivity contribution in [2.24, 2.45) is 13.0 Å². The lowest BCUT2D eigenvalue weighted by molar-refractivity contribution is -0.145. The van der Waals surface area contributed by atoms with Crippen molar-refractivity contribution in [1.29, 1.82) is 0 Å². The van der Waals surface area contributed by atoms with Crippen molar-refractivity contribution >= 4 is 5.97 Å². The van der Waals surface area contributed by atoms with Crippen LogP contribution in [0.15, 0.2) is 12.3 Å². The minimum Gasteiger partial charge on any atom is -0.481 e. The van der Waals surface area contributed by atoms with Gasteiger partial charge in [-0.15, -0.1) is 0 Å². The van der Waals surface area contributed by atoms with E-state index in [1.165, 1.54) is 0 Å². The van der Waals surface area contributed by atoms with Crippen LogP contribution in [0.25, 0.3) is 0 Å². The lowest BCUT2D eigenvalue weighted by Gasteiger charge is -2.32. The molecule has 1 aliphatic rings. The van der Waals surface area contributed by atoms with E-state index in [2.05, 4.69) is 5.10 Å². The Morgan fingerprint density at radius 1 is 1.69 bits per heavy atom. The average molecular weight is 180 g/mol. The first kappa shape index (κ1) is 8.29. The number of carboxylic acid groups (broad SMARTS) is 1. The van der Waals surface area contributed by atoms with Crippen molar-refractivity contribution in [3.8, 4) is 0 Å². The van der Waals surface area contributed by atoms with Crippen LogP contribution < -0.4 is 0 Å². The molecule has 4 heteroatoms. The maximum atomic E-state index is 10.6. The molecule has 1 aromatic heterocycles. The lowest BCUT2D eigenvalue weighted by Crippen LogP contribution is -2.29. The number of aryl methyl sites for hydroxylation is 1. The minimum absolute atomic E-state index is 0.139. The van der Waals surface area contributed by atoms with E-state index in [-0.39, 0.29) is 5.92 Å². The standard InChI is InChI=1S/C9H12N2O2/c1-11-8(2-3-10-11)6-4-7(5-6)9(12)13/h2-3,6-7H,4-5H2,1H3,(H,12,13). The van der Waals surface area contributed by atoms with Gasteiger partial charge < -0.3 is 5.11 Å². The number of hydrogen-bond acceptors (Lipinski definition) is 2. The number of hydrogen-bond donors (Lipinski definition) is 1. The van der Waals surface area contributed by atoms with Gasteiger partial charge in [0.2, 0.25) is 0 Å². The zero-order chi connectivity index (χ0) is 9.42. The Bertz CT molecular complexity index is 326. The molecule has 0 unspecified atom stereocenters. The van der Waals surface area contributed by atoms with E-state index >= 15 is 0 Å². The largest absolute Gasteiger partial charge is 0.481 e. The van der Waals surface area contributed by atoms with Gasteiger partial charge in [-0.05, 0) is 18.9 Å². The fraction of sp³-hybridized carbons (Fsp3) is 0.556. The van der Waals surface area contributed by atoms with Crippen molar-refractivity contribution in [2.75, 3.05) is 0 Å². The molecule has 13 heavy (non-hydrogen) atoms. The van der Waals surface area contributed by atoms with Gasteiger partial charge in [-0.2, -0.15) is 5.10 Å². The van der Waals surface area contributed by atoms with Gasteiger partial charge in [0.25, 0.3) is 0 Å². The summed E-state index contributed by atoms with van der Waals surface area (Å²) in [6.45, 7) is 0. The van der Waals surface area contributed by atoms with E-state index in [0.29, 0.717) is 5.92 Å². The molecule has 0 amide bonds. The normalized spacial score (nSPS) is 26.8. The first-order chi connectivity index (χ1) is 6.18. The van der Waals surface area contributed by atoms with Crippen LogP contribution in [0.5, 0.6) is 0 Å². The van der Waals surface area contributed by atoms with E-state index in [0.717, 1.165) is 18.5 Å². The molecule has 4 nitrogen and oxygen atoms in total. The van der Waals surface area contributed by atoms with E-state index in [1.807, 2.05) is 17.8 Å². The highest BCUT2D eigenvalue weighted by Gasteiger charge is 2.36. The average Bonchev–Trinajstić information content (AvgIpc) is 2.32. The molecule has 2 rings (SSSR count). The Labute approximate surface area is 76.2 Å². The molecular weight excluding hydrogens is 168 g/mol. The first-order valence-corrected chi connectivity index (χ1v) is 4.39. The van der Waals surface area contributed by atoms with Gasteiger partial charge in [-0.3, -0.25) is 9.48 Å². The van der Waals surface area contributed by atoms with Crippen LogP contribution in [-0.4, -0.2) is 20.9 Å². The predicted molar refractivity (Wildman–Crippen MR) is 46.3 cm³/mol. The number of aromatic nitrogens is 2. The van der Waals surface area contributed by atoms with E-state index < -0.39 is 5.97 Å². The van der Waals surface area contributed by atoms with Gasteiger partial charge in [0.1, 0.15) is 0 Å². The summed E-state index contributed by atoms with van der Waals surface area (Å²) in [6, 6.07) is 1.96.